The molecule has 8 atom stereocenters. The number of hydrogen-bond donors (Lipinski definition) is 1. The van der Waals surface area contributed by atoms with Crippen molar-refractivity contribution in [3.05, 3.63) is 10.4 Å². The first kappa shape index (κ1) is 15.8. The van der Waals surface area contributed by atoms with E-state index < -0.39 is 6.10 Å². The Morgan fingerprint density at radius 1 is 1.09 bits per heavy atom. The van der Waals surface area contributed by atoms with E-state index in [0.717, 1.165) is 30.6 Å². The molecule has 0 aromatic rings. The van der Waals surface area contributed by atoms with E-state index in [-0.39, 0.29) is 11.5 Å². The van der Waals surface area contributed by atoms with Gasteiger partial charge in [0.05, 0.1) is 12.1 Å². The lowest BCUT2D eigenvalue weighted by Crippen LogP contribution is -2.55. The van der Waals surface area contributed by atoms with Crippen molar-refractivity contribution in [2.24, 2.45) is 39.6 Å². The second kappa shape index (κ2) is 5.39. The highest BCUT2D eigenvalue weighted by Crippen LogP contribution is 2.66. The van der Waals surface area contributed by atoms with Crippen molar-refractivity contribution in [2.45, 2.75) is 83.8 Å². The van der Waals surface area contributed by atoms with E-state index in [1.165, 1.54) is 44.9 Å². The Kier molecular flexibility index (Phi) is 3.70. The maximum absolute atomic E-state index is 10.4. The monoisotopic (exact) mass is 317 g/mol. The van der Waals surface area contributed by atoms with Crippen LogP contribution in [0.5, 0.6) is 0 Å². The molecule has 0 spiro atoms. The van der Waals surface area contributed by atoms with Crippen molar-refractivity contribution in [1.82, 2.24) is 0 Å². The average Bonchev–Trinajstić information content (AvgIpc) is 2.91. The number of fused-ring (bicyclic) bond motifs is 5. The molecule has 0 heterocycles. The molecule has 23 heavy (non-hydrogen) atoms. The van der Waals surface area contributed by atoms with Crippen LogP contribution in [0.15, 0.2) is 5.11 Å². The van der Waals surface area contributed by atoms with E-state index in [9.17, 15) is 5.11 Å². The largest absolute Gasteiger partial charge is 0.393 e. The predicted molar refractivity (Wildman–Crippen MR) is 90.7 cm³/mol. The fraction of sp³-hybridized carbons (Fsp3) is 1.00. The van der Waals surface area contributed by atoms with Crippen LogP contribution in [0, 0.1) is 34.5 Å². The average molecular weight is 317 g/mol. The van der Waals surface area contributed by atoms with Crippen LogP contribution >= 0.6 is 0 Å². The number of aliphatic hydroxyl groups excluding tert-OH is 1. The van der Waals surface area contributed by atoms with Crippen LogP contribution in [0.4, 0.5) is 0 Å². The van der Waals surface area contributed by atoms with Crippen LogP contribution in [0.25, 0.3) is 10.4 Å². The molecule has 4 aliphatic rings. The Labute approximate surface area is 139 Å². The Bertz CT molecular complexity index is 531. The maximum atomic E-state index is 10.4. The summed E-state index contributed by atoms with van der Waals surface area (Å²) in [5, 5.41) is 14.3. The van der Waals surface area contributed by atoms with Crippen molar-refractivity contribution >= 4 is 0 Å². The topological polar surface area (TPSA) is 69.0 Å². The summed E-state index contributed by atoms with van der Waals surface area (Å²) in [4.78, 5) is 3.01. The highest BCUT2D eigenvalue weighted by atomic mass is 16.3. The molecule has 0 aromatic carbocycles. The third-order valence-electron chi connectivity index (χ3n) is 8.67. The van der Waals surface area contributed by atoms with Gasteiger partial charge in [0, 0.05) is 4.91 Å². The molecule has 0 aliphatic heterocycles. The second-order valence-electron chi connectivity index (χ2n) is 9.52. The maximum Gasteiger partial charge on any atom is 0.0639 e. The van der Waals surface area contributed by atoms with Gasteiger partial charge in [0.25, 0.3) is 0 Å². The summed E-state index contributed by atoms with van der Waals surface area (Å²) >= 11 is 0. The fourth-order valence-electron chi connectivity index (χ4n) is 7.45. The minimum atomic E-state index is -0.430. The van der Waals surface area contributed by atoms with Crippen LogP contribution in [0.2, 0.25) is 0 Å². The van der Waals surface area contributed by atoms with Crippen molar-refractivity contribution in [3.8, 4) is 0 Å². The van der Waals surface area contributed by atoms with Crippen molar-refractivity contribution in [3.63, 3.8) is 0 Å². The van der Waals surface area contributed by atoms with Crippen LogP contribution in [-0.4, -0.2) is 17.3 Å². The molecule has 0 bridgehead atoms. The molecule has 4 saturated carbocycles. The number of hydrogen-bond acceptors (Lipinski definition) is 2. The summed E-state index contributed by atoms with van der Waals surface area (Å²) in [7, 11) is 0. The van der Waals surface area contributed by atoms with E-state index in [0.29, 0.717) is 11.3 Å². The molecule has 4 fully saturated rings. The molecule has 0 amide bonds. The summed E-state index contributed by atoms with van der Waals surface area (Å²) in [5.74, 6) is 3.19. The molecule has 4 rings (SSSR count). The first-order valence-electron chi connectivity index (χ1n) is 9.70. The smallest absolute Gasteiger partial charge is 0.0639 e. The molecule has 4 nitrogen and oxygen atoms in total. The third-order valence-corrected chi connectivity index (χ3v) is 8.67. The highest BCUT2D eigenvalue weighted by molar-refractivity contribution is 5.09. The molecular formula is C19H31N3O. The highest BCUT2D eigenvalue weighted by Gasteiger charge is 2.58. The first-order chi connectivity index (χ1) is 11.0. The molecular weight excluding hydrogens is 286 g/mol. The van der Waals surface area contributed by atoms with Gasteiger partial charge >= 0.3 is 0 Å². The van der Waals surface area contributed by atoms with E-state index in [1.807, 2.05) is 0 Å². The number of azide groups is 1. The molecule has 4 aliphatic carbocycles. The van der Waals surface area contributed by atoms with E-state index >= 15 is 0 Å². The minimum Gasteiger partial charge on any atom is -0.393 e. The molecule has 0 saturated heterocycles. The summed E-state index contributed by atoms with van der Waals surface area (Å²) in [6.45, 7) is 5.00. The van der Waals surface area contributed by atoms with Crippen LogP contribution in [-0.2, 0) is 0 Å². The third kappa shape index (κ3) is 2.25. The van der Waals surface area contributed by atoms with Gasteiger partial charge in [-0.05, 0) is 91.4 Å². The molecule has 6 unspecified atom stereocenters. The number of rotatable bonds is 1. The van der Waals surface area contributed by atoms with Crippen LogP contribution < -0.4 is 0 Å². The normalized spacial score (nSPS) is 55.3. The standard InChI is InChI=1S/C19H31N3O/c1-18-8-3-4-14(18)13-6-5-12-10-17(23)16(21-22-20)11-19(12,2)15(13)7-9-18/h12-17,23H,3-11H2,1-2H3/t12?,13?,14?,15?,16-,17-,18?,19?/m1/s1. The van der Waals surface area contributed by atoms with Gasteiger partial charge in [-0.1, -0.05) is 25.4 Å². The molecule has 128 valence electrons. The Morgan fingerprint density at radius 3 is 2.70 bits per heavy atom. The van der Waals surface area contributed by atoms with Gasteiger partial charge in [0.15, 0.2) is 0 Å². The molecule has 0 radical (unpaired) electrons. The summed E-state index contributed by atoms with van der Waals surface area (Å²) < 4.78 is 0. The Morgan fingerprint density at radius 2 is 1.91 bits per heavy atom. The van der Waals surface area contributed by atoms with E-state index in [2.05, 4.69) is 23.9 Å². The van der Waals surface area contributed by atoms with Crippen molar-refractivity contribution in [2.75, 3.05) is 0 Å². The lowest BCUT2D eigenvalue weighted by Gasteiger charge is -2.61. The zero-order valence-electron chi connectivity index (χ0n) is 14.6. The quantitative estimate of drug-likeness (QED) is 0.409. The van der Waals surface area contributed by atoms with Crippen LogP contribution in [0.1, 0.15) is 71.6 Å². The fourth-order valence-corrected chi connectivity index (χ4v) is 7.45. The number of aliphatic hydroxyl groups is 1. The van der Waals surface area contributed by atoms with Gasteiger partial charge < -0.3 is 5.11 Å². The zero-order valence-corrected chi connectivity index (χ0v) is 14.6. The van der Waals surface area contributed by atoms with Gasteiger partial charge in [-0.25, -0.2) is 0 Å². The molecule has 0 aromatic heterocycles. The molecule has 1 N–H and O–H groups in total. The van der Waals surface area contributed by atoms with Crippen molar-refractivity contribution in [1.29, 1.82) is 0 Å². The van der Waals surface area contributed by atoms with Crippen LogP contribution in [0.3, 0.4) is 0 Å². The zero-order chi connectivity index (χ0) is 16.2. The van der Waals surface area contributed by atoms with Gasteiger partial charge in [0.2, 0.25) is 0 Å². The van der Waals surface area contributed by atoms with Gasteiger partial charge in [-0.15, -0.1) is 0 Å². The molecule has 4 heteroatoms. The Hall–Kier alpha value is -0.730. The van der Waals surface area contributed by atoms with Gasteiger partial charge in [-0.3, -0.25) is 0 Å². The summed E-state index contributed by atoms with van der Waals surface area (Å²) in [6, 6.07) is -0.211. The summed E-state index contributed by atoms with van der Waals surface area (Å²) in [5.41, 5.74) is 9.72. The first-order valence-corrected chi connectivity index (χ1v) is 9.70. The van der Waals surface area contributed by atoms with E-state index in [4.69, 9.17) is 5.53 Å². The van der Waals surface area contributed by atoms with Crippen molar-refractivity contribution < 1.29 is 5.11 Å². The SMILES string of the molecule is CC12CCCC1C1CCC3C[C@@H](O)[C@H](N=[N+]=[N-])CC3(C)C1CC2. The Balaban J connectivity index is 1.63. The minimum absolute atomic E-state index is 0.211. The number of nitrogens with zero attached hydrogens (tertiary/aromatic N) is 3. The predicted octanol–water partition coefficient (Wildman–Crippen LogP) is 5.07. The second-order valence-corrected chi connectivity index (χ2v) is 9.52. The van der Waals surface area contributed by atoms with Gasteiger partial charge in [0.1, 0.15) is 0 Å². The van der Waals surface area contributed by atoms with E-state index in [1.54, 1.807) is 0 Å². The summed E-state index contributed by atoms with van der Waals surface area (Å²) in [6.07, 6.45) is 11.0. The lowest BCUT2D eigenvalue weighted by atomic mass is 9.45. The lowest BCUT2D eigenvalue weighted by molar-refractivity contribution is -0.126. The van der Waals surface area contributed by atoms with Gasteiger partial charge in [-0.2, -0.15) is 0 Å².